The predicted molar refractivity (Wildman–Crippen MR) is 41.8 cm³/mol. The number of carboxylic acids is 1. The van der Waals surface area contributed by atoms with E-state index in [2.05, 4.69) is 6.58 Å². The lowest BCUT2D eigenvalue weighted by Crippen LogP contribution is -2.07. The van der Waals surface area contributed by atoms with Crippen LogP contribution in [0.2, 0.25) is 0 Å². The van der Waals surface area contributed by atoms with Gasteiger partial charge in [-0.2, -0.15) is 0 Å². The molecule has 4 heteroatoms. The van der Waals surface area contributed by atoms with E-state index in [1.54, 1.807) is 0 Å². The van der Waals surface area contributed by atoms with Gasteiger partial charge >= 0.3 is 5.97 Å². The van der Waals surface area contributed by atoms with Crippen molar-refractivity contribution in [3.8, 4) is 0 Å². The van der Waals surface area contributed by atoms with Crippen LogP contribution in [-0.4, -0.2) is 22.3 Å². The second-order valence-electron chi connectivity index (χ2n) is 1.86. The second kappa shape index (κ2) is 4.58. The van der Waals surface area contributed by atoms with Gasteiger partial charge in [0, 0.05) is 11.5 Å². The van der Waals surface area contributed by atoms with Crippen LogP contribution >= 0.6 is 23.2 Å². The monoisotopic (exact) mass is 182 g/mol. The summed E-state index contributed by atoms with van der Waals surface area (Å²) in [5, 5.41) is 8.00. The first-order valence-corrected chi connectivity index (χ1v) is 3.66. The van der Waals surface area contributed by atoms with Crippen LogP contribution < -0.4 is 0 Å². The Morgan fingerprint density at radius 2 is 2.20 bits per heavy atom. The van der Waals surface area contributed by atoms with E-state index in [1.807, 2.05) is 0 Å². The lowest BCUT2D eigenvalue weighted by atomic mass is 10.2. The molecule has 0 spiro atoms. The summed E-state index contributed by atoms with van der Waals surface area (Å²) in [6.07, 6.45) is 0.236. The van der Waals surface area contributed by atoms with E-state index in [4.69, 9.17) is 28.3 Å². The summed E-state index contributed by atoms with van der Waals surface area (Å²) in [4.78, 5) is 10.1. The Balaban J connectivity index is 3.68. The Morgan fingerprint density at radius 1 is 1.70 bits per heavy atom. The minimum absolute atomic E-state index is 0.0978. The van der Waals surface area contributed by atoms with Gasteiger partial charge < -0.3 is 5.11 Å². The SMILES string of the molecule is C=C(CC(Cl)CCl)C(=O)O. The van der Waals surface area contributed by atoms with Crippen LogP contribution in [0.1, 0.15) is 6.42 Å². The first kappa shape index (κ1) is 9.79. The van der Waals surface area contributed by atoms with Crippen LogP contribution in [0, 0.1) is 0 Å². The fourth-order valence-corrected chi connectivity index (χ4v) is 0.705. The molecule has 0 heterocycles. The van der Waals surface area contributed by atoms with E-state index in [-0.39, 0.29) is 23.3 Å². The van der Waals surface area contributed by atoms with Crippen molar-refractivity contribution in [1.29, 1.82) is 0 Å². The van der Waals surface area contributed by atoms with Crippen molar-refractivity contribution in [3.05, 3.63) is 12.2 Å². The molecule has 0 aliphatic carbocycles. The quantitative estimate of drug-likeness (QED) is 0.533. The Bertz CT molecular complexity index is 145. The molecule has 1 N–H and O–H groups in total. The number of hydrogen-bond donors (Lipinski definition) is 1. The van der Waals surface area contributed by atoms with Crippen LogP contribution in [0.25, 0.3) is 0 Å². The Hall–Kier alpha value is -0.210. The molecule has 10 heavy (non-hydrogen) atoms. The summed E-state index contributed by atoms with van der Waals surface area (Å²) in [6.45, 7) is 3.30. The molecule has 0 saturated carbocycles. The molecule has 0 amide bonds. The Labute approximate surface area is 69.4 Å². The molecular weight excluding hydrogens is 175 g/mol. The third kappa shape index (κ3) is 3.75. The zero-order chi connectivity index (χ0) is 8.15. The zero-order valence-corrected chi connectivity index (χ0v) is 6.82. The summed E-state index contributed by atoms with van der Waals surface area (Å²) in [6, 6.07) is 0. The Morgan fingerprint density at radius 3 is 2.50 bits per heavy atom. The standard InChI is InChI=1S/C6H8Cl2O2/c1-4(6(9)10)2-5(8)3-7/h5H,1-3H2,(H,9,10). The second-order valence-corrected chi connectivity index (χ2v) is 2.79. The largest absolute Gasteiger partial charge is 0.478 e. The molecule has 0 aromatic carbocycles. The minimum Gasteiger partial charge on any atom is -0.478 e. The molecule has 0 aromatic heterocycles. The molecule has 0 fully saturated rings. The summed E-state index contributed by atoms with van der Waals surface area (Å²) in [5.74, 6) is -0.774. The van der Waals surface area contributed by atoms with E-state index < -0.39 is 5.97 Å². The average Bonchev–Trinajstić information content (AvgIpc) is 1.87. The van der Waals surface area contributed by atoms with Crippen LogP contribution in [-0.2, 0) is 4.79 Å². The minimum atomic E-state index is -1.02. The van der Waals surface area contributed by atoms with E-state index in [1.165, 1.54) is 0 Å². The van der Waals surface area contributed by atoms with Gasteiger partial charge in [0.25, 0.3) is 0 Å². The van der Waals surface area contributed by atoms with Gasteiger partial charge in [0.05, 0.1) is 5.38 Å². The van der Waals surface area contributed by atoms with Gasteiger partial charge in [-0.05, 0) is 6.42 Å². The highest BCUT2D eigenvalue weighted by atomic mass is 35.5. The smallest absolute Gasteiger partial charge is 0.331 e. The third-order valence-electron chi connectivity index (χ3n) is 0.938. The van der Waals surface area contributed by atoms with Crippen molar-refractivity contribution in [1.82, 2.24) is 0 Å². The van der Waals surface area contributed by atoms with Crippen LogP contribution in [0.3, 0.4) is 0 Å². The van der Waals surface area contributed by atoms with Gasteiger partial charge in [-0.1, -0.05) is 6.58 Å². The molecule has 0 aromatic rings. The van der Waals surface area contributed by atoms with Gasteiger partial charge in [-0.3, -0.25) is 0 Å². The molecule has 0 radical (unpaired) electrons. The fourth-order valence-electron chi connectivity index (χ4n) is 0.409. The highest BCUT2D eigenvalue weighted by molar-refractivity contribution is 6.28. The number of rotatable bonds is 4. The molecule has 58 valence electrons. The molecule has 0 saturated heterocycles. The number of carboxylic acid groups (broad SMARTS) is 1. The first-order chi connectivity index (χ1) is 4.57. The van der Waals surface area contributed by atoms with Crippen LogP contribution in [0.5, 0.6) is 0 Å². The van der Waals surface area contributed by atoms with Crippen molar-refractivity contribution in [2.75, 3.05) is 5.88 Å². The number of halogens is 2. The molecule has 1 atom stereocenters. The number of aliphatic carboxylic acids is 1. The summed E-state index contributed by atoms with van der Waals surface area (Å²) in [7, 11) is 0. The lowest BCUT2D eigenvalue weighted by Gasteiger charge is -2.02. The molecule has 0 rings (SSSR count). The van der Waals surface area contributed by atoms with Crippen LogP contribution in [0.4, 0.5) is 0 Å². The molecule has 2 nitrogen and oxygen atoms in total. The van der Waals surface area contributed by atoms with Crippen molar-refractivity contribution >= 4 is 29.2 Å². The first-order valence-electron chi connectivity index (χ1n) is 2.69. The van der Waals surface area contributed by atoms with Gasteiger partial charge in [-0.15, -0.1) is 23.2 Å². The van der Waals surface area contributed by atoms with Gasteiger partial charge in [0.15, 0.2) is 0 Å². The molecule has 0 aliphatic heterocycles. The maximum Gasteiger partial charge on any atom is 0.331 e. The van der Waals surface area contributed by atoms with Crippen molar-refractivity contribution < 1.29 is 9.90 Å². The van der Waals surface area contributed by atoms with Crippen molar-refractivity contribution in [3.63, 3.8) is 0 Å². The van der Waals surface area contributed by atoms with E-state index in [0.29, 0.717) is 0 Å². The molecule has 1 unspecified atom stereocenters. The Kier molecular flexibility index (Phi) is 4.49. The van der Waals surface area contributed by atoms with Crippen molar-refractivity contribution in [2.45, 2.75) is 11.8 Å². The number of carbonyl (C=O) groups is 1. The summed E-state index contributed by atoms with van der Waals surface area (Å²) < 4.78 is 0. The third-order valence-corrected chi connectivity index (χ3v) is 1.78. The van der Waals surface area contributed by atoms with Gasteiger partial charge in [-0.25, -0.2) is 4.79 Å². The predicted octanol–water partition coefficient (Wildman–Crippen LogP) is 1.86. The lowest BCUT2D eigenvalue weighted by molar-refractivity contribution is -0.132. The highest BCUT2D eigenvalue weighted by Crippen LogP contribution is 2.10. The fraction of sp³-hybridized carbons (Fsp3) is 0.500. The maximum absolute atomic E-state index is 10.1. The number of hydrogen-bond acceptors (Lipinski definition) is 1. The average molecular weight is 183 g/mol. The topological polar surface area (TPSA) is 37.3 Å². The normalized spacial score (nSPS) is 12.6. The molecule has 0 bridgehead atoms. The van der Waals surface area contributed by atoms with Crippen LogP contribution in [0.15, 0.2) is 12.2 Å². The molecular formula is C6H8Cl2O2. The number of alkyl halides is 2. The van der Waals surface area contributed by atoms with Gasteiger partial charge in [0.2, 0.25) is 0 Å². The highest BCUT2D eigenvalue weighted by Gasteiger charge is 2.09. The zero-order valence-electron chi connectivity index (χ0n) is 5.31. The molecule has 0 aliphatic rings. The van der Waals surface area contributed by atoms with E-state index >= 15 is 0 Å². The van der Waals surface area contributed by atoms with Gasteiger partial charge in [0.1, 0.15) is 0 Å². The summed E-state index contributed by atoms with van der Waals surface area (Å²) in [5.41, 5.74) is 0.0978. The van der Waals surface area contributed by atoms with E-state index in [9.17, 15) is 4.79 Å². The maximum atomic E-state index is 10.1. The van der Waals surface area contributed by atoms with Crippen molar-refractivity contribution in [2.24, 2.45) is 0 Å². The van der Waals surface area contributed by atoms with E-state index in [0.717, 1.165) is 0 Å². The summed E-state index contributed by atoms with van der Waals surface area (Å²) >= 11 is 10.9.